The lowest BCUT2D eigenvalue weighted by molar-refractivity contribution is 0.408. The maximum atomic E-state index is 6.45. The van der Waals surface area contributed by atoms with Gasteiger partial charge in [0.05, 0.1) is 7.11 Å². The molecule has 2 nitrogen and oxygen atoms in total. The second-order valence-corrected chi connectivity index (χ2v) is 4.74. The van der Waals surface area contributed by atoms with Crippen LogP contribution in [0.2, 0.25) is 0 Å². The first kappa shape index (κ1) is 11.5. The second-order valence-electron chi connectivity index (χ2n) is 4.74. The van der Waals surface area contributed by atoms with E-state index in [4.69, 9.17) is 10.5 Å². The topological polar surface area (TPSA) is 35.2 Å². The Labute approximate surface area is 97.8 Å². The molecule has 0 radical (unpaired) electrons. The molecule has 0 amide bonds. The number of aryl methyl sites for hydroxylation is 1. The SMILES string of the molecule is CCc1cc(C2(N)CCCC2)ccc1OC. The zero-order chi connectivity index (χ0) is 11.6. The van der Waals surface area contributed by atoms with Crippen LogP contribution in [0, 0.1) is 0 Å². The smallest absolute Gasteiger partial charge is 0.122 e. The monoisotopic (exact) mass is 219 g/mol. The molecule has 0 atom stereocenters. The van der Waals surface area contributed by atoms with Gasteiger partial charge in [-0.1, -0.05) is 31.9 Å². The summed E-state index contributed by atoms with van der Waals surface area (Å²) in [7, 11) is 1.72. The van der Waals surface area contributed by atoms with Gasteiger partial charge in [-0.2, -0.15) is 0 Å². The molecule has 0 bridgehead atoms. The van der Waals surface area contributed by atoms with Gasteiger partial charge in [0, 0.05) is 5.54 Å². The number of hydrogen-bond acceptors (Lipinski definition) is 2. The molecule has 1 fully saturated rings. The van der Waals surface area contributed by atoms with Crippen molar-refractivity contribution in [3.8, 4) is 5.75 Å². The summed E-state index contributed by atoms with van der Waals surface area (Å²) in [6, 6.07) is 6.41. The highest BCUT2D eigenvalue weighted by atomic mass is 16.5. The Bertz CT molecular complexity index is 367. The number of hydrogen-bond donors (Lipinski definition) is 1. The summed E-state index contributed by atoms with van der Waals surface area (Å²) >= 11 is 0. The first-order valence-electron chi connectivity index (χ1n) is 6.16. The number of methoxy groups -OCH3 is 1. The molecule has 0 aliphatic heterocycles. The van der Waals surface area contributed by atoms with Crippen molar-refractivity contribution in [1.29, 1.82) is 0 Å². The van der Waals surface area contributed by atoms with Crippen LogP contribution in [0.25, 0.3) is 0 Å². The van der Waals surface area contributed by atoms with E-state index in [-0.39, 0.29) is 5.54 Å². The van der Waals surface area contributed by atoms with Gasteiger partial charge in [0.2, 0.25) is 0 Å². The molecule has 0 aromatic heterocycles. The van der Waals surface area contributed by atoms with E-state index < -0.39 is 0 Å². The van der Waals surface area contributed by atoms with Gasteiger partial charge >= 0.3 is 0 Å². The lowest BCUT2D eigenvalue weighted by Crippen LogP contribution is -2.33. The van der Waals surface area contributed by atoms with Gasteiger partial charge in [-0.15, -0.1) is 0 Å². The molecule has 0 unspecified atom stereocenters. The standard InChI is InChI=1S/C14H21NO/c1-3-11-10-12(6-7-13(11)16-2)14(15)8-4-5-9-14/h6-7,10H,3-5,8-9,15H2,1-2H3. The van der Waals surface area contributed by atoms with Gasteiger partial charge in [0.1, 0.15) is 5.75 Å². The van der Waals surface area contributed by atoms with Crippen LogP contribution in [0.4, 0.5) is 0 Å². The summed E-state index contributed by atoms with van der Waals surface area (Å²) < 4.78 is 5.35. The van der Waals surface area contributed by atoms with E-state index in [9.17, 15) is 0 Å². The fourth-order valence-electron chi connectivity index (χ4n) is 2.66. The zero-order valence-electron chi connectivity index (χ0n) is 10.3. The highest BCUT2D eigenvalue weighted by Gasteiger charge is 2.31. The van der Waals surface area contributed by atoms with Crippen LogP contribution in [0.3, 0.4) is 0 Å². The number of ether oxygens (including phenoxy) is 1. The molecular formula is C14H21NO. The minimum atomic E-state index is -0.0871. The van der Waals surface area contributed by atoms with Gasteiger partial charge in [0.15, 0.2) is 0 Å². The second kappa shape index (κ2) is 4.46. The van der Waals surface area contributed by atoms with E-state index in [0.29, 0.717) is 0 Å². The van der Waals surface area contributed by atoms with E-state index in [2.05, 4.69) is 25.1 Å². The van der Waals surface area contributed by atoms with Crippen molar-refractivity contribution in [3.05, 3.63) is 29.3 Å². The van der Waals surface area contributed by atoms with E-state index in [0.717, 1.165) is 25.0 Å². The van der Waals surface area contributed by atoms with Crippen LogP contribution in [0.1, 0.15) is 43.7 Å². The molecule has 2 N–H and O–H groups in total. The van der Waals surface area contributed by atoms with Gasteiger partial charge in [-0.25, -0.2) is 0 Å². The summed E-state index contributed by atoms with van der Waals surface area (Å²) in [6.45, 7) is 2.15. The maximum absolute atomic E-state index is 6.45. The van der Waals surface area contributed by atoms with Gasteiger partial charge < -0.3 is 10.5 Å². The molecule has 1 aliphatic rings. The summed E-state index contributed by atoms with van der Waals surface area (Å²) in [6.07, 6.45) is 5.73. The average molecular weight is 219 g/mol. The van der Waals surface area contributed by atoms with E-state index in [1.54, 1.807) is 7.11 Å². The molecule has 2 heteroatoms. The highest BCUT2D eigenvalue weighted by Crippen LogP contribution is 2.37. The molecule has 0 spiro atoms. The predicted molar refractivity (Wildman–Crippen MR) is 66.7 cm³/mol. The third-order valence-corrected chi connectivity index (χ3v) is 3.73. The lowest BCUT2D eigenvalue weighted by atomic mass is 9.88. The Morgan fingerprint density at radius 1 is 1.31 bits per heavy atom. The van der Waals surface area contributed by atoms with Crippen LogP contribution in [0.15, 0.2) is 18.2 Å². The summed E-state index contributed by atoms with van der Waals surface area (Å²) in [5.41, 5.74) is 8.91. The van der Waals surface area contributed by atoms with Crippen molar-refractivity contribution in [2.24, 2.45) is 5.73 Å². The number of benzene rings is 1. The molecule has 1 saturated carbocycles. The van der Waals surface area contributed by atoms with E-state index >= 15 is 0 Å². The van der Waals surface area contributed by atoms with Crippen LogP contribution < -0.4 is 10.5 Å². The quantitative estimate of drug-likeness (QED) is 0.848. The fraction of sp³-hybridized carbons (Fsp3) is 0.571. The van der Waals surface area contributed by atoms with Crippen LogP contribution in [-0.4, -0.2) is 7.11 Å². The first-order valence-corrected chi connectivity index (χ1v) is 6.16. The molecule has 1 aromatic carbocycles. The first-order chi connectivity index (χ1) is 7.69. The lowest BCUT2D eigenvalue weighted by Gasteiger charge is -2.25. The Balaban J connectivity index is 2.35. The molecular weight excluding hydrogens is 198 g/mol. The summed E-state index contributed by atoms with van der Waals surface area (Å²) in [4.78, 5) is 0. The highest BCUT2D eigenvalue weighted by molar-refractivity contribution is 5.40. The Morgan fingerprint density at radius 2 is 2.00 bits per heavy atom. The molecule has 1 aliphatic carbocycles. The minimum absolute atomic E-state index is 0.0871. The van der Waals surface area contributed by atoms with Crippen molar-refractivity contribution in [2.75, 3.05) is 7.11 Å². The largest absolute Gasteiger partial charge is 0.496 e. The zero-order valence-corrected chi connectivity index (χ0v) is 10.3. The van der Waals surface area contributed by atoms with Crippen LogP contribution >= 0.6 is 0 Å². The molecule has 0 heterocycles. The van der Waals surface area contributed by atoms with Crippen LogP contribution in [0.5, 0.6) is 5.75 Å². The molecule has 88 valence electrons. The van der Waals surface area contributed by atoms with Crippen molar-refractivity contribution in [1.82, 2.24) is 0 Å². The van der Waals surface area contributed by atoms with Crippen molar-refractivity contribution < 1.29 is 4.74 Å². The Kier molecular flexibility index (Phi) is 3.20. The summed E-state index contributed by atoms with van der Waals surface area (Å²) in [5, 5.41) is 0. The molecule has 1 aromatic rings. The normalized spacial score (nSPS) is 18.7. The maximum Gasteiger partial charge on any atom is 0.122 e. The summed E-state index contributed by atoms with van der Waals surface area (Å²) in [5.74, 6) is 0.979. The third kappa shape index (κ3) is 1.94. The van der Waals surface area contributed by atoms with E-state index in [1.807, 2.05) is 0 Å². The van der Waals surface area contributed by atoms with Gasteiger partial charge in [-0.3, -0.25) is 0 Å². The van der Waals surface area contributed by atoms with Crippen molar-refractivity contribution >= 4 is 0 Å². The Hall–Kier alpha value is -1.02. The Morgan fingerprint density at radius 3 is 2.56 bits per heavy atom. The van der Waals surface area contributed by atoms with E-state index in [1.165, 1.54) is 24.0 Å². The van der Waals surface area contributed by atoms with Crippen molar-refractivity contribution in [2.45, 2.75) is 44.6 Å². The predicted octanol–water partition coefficient (Wildman–Crippen LogP) is 2.99. The average Bonchev–Trinajstić information content (AvgIpc) is 2.76. The molecule has 16 heavy (non-hydrogen) atoms. The van der Waals surface area contributed by atoms with Crippen molar-refractivity contribution in [3.63, 3.8) is 0 Å². The molecule has 0 saturated heterocycles. The minimum Gasteiger partial charge on any atom is -0.496 e. The third-order valence-electron chi connectivity index (χ3n) is 3.73. The fourth-order valence-corrected chi connectivity index (χ4v) is 2.66. The number of nitrogens with two attached hydrogens (primary N) is 1. The van der Waals surface area contributed by atoms with Gasteiger partial charge in [0.25, 0.3) is 0 Å². The van der Waals surface area contributed by atoms with Gasteiger partial charge in [-0.05, 0) is 36.5 Å². The number of rotatable bonds is 3. The van der Waals surface area contributed by atoms with Crippen LogP contribution in [-0.2, 0) is 12.0 Å². The molecule has 2 rings (SSSR count).